The molecule has 0 radical (unpaired) electrons. The molecule has 0 spiro atoms. The van der Waals surface area contributed by atoms with E-state index in [9.17, 15) is 4.79 Å². The Bertz CT molecular complexity index is 462. The number of carbonyl (C=O) groups excluding carboxylic acids is 1. The highest BCUT2D eigenvalue weighted by Crippen LogP contribution is 2.20. The topological polar surface area (TPSA) is 52.6 Å². The number of nitrogens with one attached hydrogen (secondary N) is 1. The van der Waals surface area contributed by atoms with Gasteiger partial charge in [-0.3, -0.25) is 14.9 Å². The van der Waals surface area contributed by atoms with E-state index < -0.39 is 0 Å². The Morgan fingerprint density at radius 1 is 1.33 bits per heavy atom. The van der Waals surface area contributed by atoms with Crippen molar-refractivity contribution < 1.29 is 10.0 Å². The molecule has 116 valence electrons. The van der Waals surface area contributed by atoms with Crippen molar-refractivity contribution in [2.24, 2.45) is 5.92 Å². The predicted molar refractivity (Wildman–Crippen MR) is 83.0 cm³/mol. The molecule has 1 aromatic rings. The van der Waals surface area contributed by atoms with Crippen LogP contribution in [0.15, 0.2) is 24.3 Å². The van der Waals surface area contributed by atoms with Gasteiger partial charge in [0.25, 0.3) is 0 Å². The van der Waals surface area contributed by atoms with E-state index >= 15 is 0 Å². The van der Waals surface area contributed by atoms with Gasteiger partial charge in [0.1, 0.15) is 0 Å². The molecule has 4 nitrogen and oxygen atoms in total. The summed E-state index contributed by atoms with van der Waals surface area (Å²) in [7, 11) is 0. The summed E-state index contributed by atoms with van der Waals surface area (Å²) in [5, 5.41) is 8.45. The highest BCUT2D eigenvalue weighted by molar-refractivity contribution is 5.74. The first-order valence-electron chi connectivity index (χ1n) is 7.91. The number of hydrogen-bond acceptors (Lipinski definition) is 3. The van der Waals surface area contributed by atoms with Crippen molar-refractivity contribution in [1.82, 2.24) is 10.4 Å². The molecule has 0 aromatic heterocycles. The maximum atomic E-state index is 10.9. The monoisotopic (exact) mass is 290 g/mol. The first-order valence-corrected chi connectivity index (χ1v) is 7.91. The average molecular weight is 290 g/mol. The minimum Gasteiger partial charge on any atom is -0.299 e. The fourth-order valence-corrected chi connectivity index (χ4v) is 2.96. The van der Waals surface area contributed by atoms with Crippen molar-refractivity contribution in [1.29, 1.82) is 0 Å². The van der Waals surface area contributed by atoms with Crippen LogP contribution in [0.4, 0.5) is 0 Å². The fourth-order valence-electron chi connectivity index (χ4n) is 2.96. The summed E-state index contributed by atoms with van der Waals surface area (Å²) in [6.45, 7) is 5.59. The Kier molecular flexibility index (Phi) is 6.21. The van der Waals surface area contributed by atoms with Gasteiger partial charge in [0.2, 0.25) is 5.91 Å². The normalized spacial score (nSPS) is 16.3. The maximum Gasteiger partial charge on any atom is 0.243 e. The summed E-state index contributed by atoms with van der Waals surface area (Å²) < 4.78 is 0. The van der Waals surface area contributed by atoms with E-state index in [4.69, 9.17) is 5.21 Å². The second kappa shape index (κ2) is 8.15. The Hall–Kier alpha value is -1.39. The highest BCUT2D eigenvalue weighted by Gasteiger charge is 2.16. The third-order valence-corrected chi connectivity index (χ3v) is 4.37. The van der Waals surface area contributed by atoms with Crippen LogP contribution < -0.4 is 5.48 Å². The van der Waals surface area contributed by atoms with Gasteiger partial charge < -0.3 is 0 Å². The molecule has 0 aliphatic carbocycles. The number of benzene rings is 1. The zero-order valence-electron chi connectivity index (χ0n) is 12.8. The third-order valence-electron chi connectivity index (χ3n) is 4.37. The first kappa shape index (κ1) is 16.0. The second-order valence-corrected chi connectivity index (χ2v) is 6.12. The van der Waals surface area contributed by atoms with Gasteiger partial charge in [0, 0.05) is 19.5 Å². The van der Waals surface area contributed by atoms with Gasteiger partial charge in [-0.25, -0.2) is 5.48 Å². The van der Waals surface area contributed by atoms with Gasteiger partial charge in [-0.15, -0.1) is 0 Å². The smallest absolute Gasteiger partial charge is 0.243 e. The predicted octanol–water partition coefficient (Wildman–Crippen LogP) is 2.75. The van der Waals surface area contributed by atoms with Gasteiger partial charge >= 0.3 is 0 Å². The lowest BCUT2D eigenvalue weighted by atomic mass is 9.97. The summed E-state index contributed by atoms with van der Waals surface area (Å²) in [6.07, 6.45) is 4.62. The van der Waals surface area contributed by atoms with E-state index in [0.717, 1.165) is 38.9 Å². The van der Waals surface area contributed by atoms with Crippen LogP contribution in [-0.4, -0.2) is 29.1 Å². The molecule has 0 saturated heterocycles. The zero-order chi connectivity index (χ0) is 15.1. The van der Waals surface area contributed by atoms with Crippen LogP contribution in [0.2, 0.25) is 0 Å². The van der Waals surface area contributed by atoms with Gasteiger partial charge in [0.15, 0.2) is 0 Å². The lowest BCUT2D eigenvalue weighted by Crippen LogP contribution is -2.32. The Morgan fingerprint density at radius 3 is 2.86 bits per heavy atom. The lowest BCUT2D eigenvalue weighted by molar-refractivity contribution is -0.129. The molecule has 1 atom stereocenters. The van der Waals surface area contributed by atoms with Crippen LogP contribution in [0.25, 0.3) is 0 Å². The summed E-state index contributed by atoms with van der Waals surface area (Å²) in [5.74, 6) is 0.337. The largest absolute Gasteiger partial charge is 0.299 e. The number of fused-ring (bicyclic) bond motifs is 1. The Labute approximate surface area is 127 Å². The Balaban J connectivity index is 1.66. The quantitative estimate of drug-likeness (QED) is 0.600. The van der Waals surface area contributed by atoms with Crippen molar-refractivity contribution in [3.05, 3.63) is 35.4 Å². The molecule has 0 bridgehead atoms. The number of nitrogens with zero attached hydrogens (tertiary/aromatic N) is 1. The standard InChI is InChI=1S/C17H26N2O2/c1-14(5-4-8-17(20)18-21)9-11-19-12-10-15-6-2-3-7-16(15)13-19/h2-3,6-7,14,21H,4-5,8-13H2,1H3,(H,18,20). The van der Waals surface area contributed by atoms with Gasteiger partial charge in [-0.2, -0.15) is 0 Å². The molecule has 0 fully saturated rings. The average Bonchev–Trinajstić information content (AvgIpc) is 2.52. The van der Waals surface area contributed by atoms with E-state index in [-0.39, 0.29) is 5.91 Å². The van der Waals surface area contributed by atoms with Crippen molar-refractivity contribution >= 4 is 5.91 Å². The maximum absolute atomic E-state index is 10.9. The van der Waals surface area contributed by atoms with Crippen molar-refractivity contribution in [2.75, 3.05) is 13.1 Å². The van der Waals surface area contributed by atoms with Crippen molar-refractivity contribution in [2.45, 2.75) is 45.6 Å². The molecule has 0 saturated carbocycles. The molecule has 1 aromatic carbocycles. The number of amides is 1. The third kappa shape index (κ3) is 5.14. The van der Waals surface area contributed by atoms with Gasteiger partial charge in [-0.1, -0.05) is 37.6 Å². The van der Waals surface area contributed by atoms with E-state index in [2.05, 4.69) is 36.1 Å². The highest BCUT2D eigenvalue weighted by atomic mass is 16.5. The minimum atomic E-state index is -0.283. The zero-order valence-corrected chi connectivity index (χ0v) is 12.8. The SMILES string of the molecule is CC(CCCC(=O)NO)CCN1CCc2ccccc2C1. The van der Waals surface area contributed by atoms with E-state index in [1.54, 1.807) is 5.48 Å². The van der Waals surface area contributed by atoms with Crippen molar-refractivity contribution in [3.63, 3.8) is 0 Å². The van der Waals surface area contributed by atoms with Gasteiger partial charge in [-0.05, 0) is 42.9 Å². The minimum absolute atomic E-state index is 0.283. The van der Waals surface area contributed by atoms with E-state index in [0.29, 0.717) is 12.3 Å². The summed E-state index contributed by atoms with van der Waals surface area (Å²) >= 11 is 0. The molecule has 1 heterocycles. The first-order chi connectivity index (χ1) is 10.2. The molecule has 2 N–H and O–H groups in total. The summed E-state index contributed by atoms with van der Waals surface area (Å²) in [5.41, 5.74) is 4.65. The molecule has 1 aliphatic rings. The molecule has 1 unspecified atom stereocenters. The summed E-state index contributed by atoms with van der Waals surface area (Å²) in [6, 6.07) is 8.72. The Morgan fingerprint density at radius 2 is 2.10 bits per heavy atom. The van der Waals surface area contributed by atoms with Crippen LogP contribution >= 0.6 is 0 Å². The van der Waals surface area contributed by atoms with Gasteiger partial charge in [0.05, 0.1) is 0 Å². The number of hydrogen-bond donors (Lipinski definition) is 2. The van der Waals surface area contributed by atoms with Crippen LogP contribution in [0, 0.1) is 5.92 Å². The lowest BCUT2D eigenvalue weighted by Gasteiger charge is -2.29. The number of hydroxylamine groups is 1. The molecule has 2 rings (SSSR count). The molecule has 1 amide bonds. The van der Waals surface area contributed by atoms with Crippen LogP contribution in [0.5, 0.6) is 0 Å². The second-order valence-electron chi connectivity index (χ2n) is 6.12. The van der Waals surface area contributed by atoms with Crippen LogP contribution in [0.1, 0.15) is 43.7 Å². The number of carbonyl (C=O) groups is 1. The molecular formula is C17H26N2O2. The van der Waals surface area contributed by atoms with Crippen LogP contribution in [-0.2, 0) is 17.8 Å². The van der Waals surface area contributed by atoms with Crippen molar-refractivity contribution in [3.8, 4) is 0 Å². The molecule has 1 aliphatic heterocycles. The van der Waals surface area contributed by atoms with E-state index in [1.807, 2.05) is 0 Å². The number of rotatable bonds is 7. The fraction of sp³-hybridized carbons (Fsp3) is 0.588. The molecule has 21 heavy (non-hydrogen) atoms. The van der Waals surface area contributed by atoms with E-state index in [1.165, 1.54) is 17.5 Å². The molecular weight excluding hydrogens is 264 g/mol. The molecule has 4 heteroatoms. The summed E-state index contributed by atoms with van der Waals surface area (Å²) in [4.78, 5) is 13.5. The van der Waals surface area contributed by atoms with Crippen LogP contribution in [0.3, 0.4) is 0 Å².